The molecule has 0 aliphatic carbocycles. The Morgan fingerprint density at radius 2 is 2.60 bits per heavy atom. The SMILES string of the molecule is CCOCC1=CCCN=C1. The van der Waals surface area contributed by atoms with Crippen molar-refractivity contribution in [2.45, 2.75) is 13.3 Å². The maximum atomic E-state index is 5.21. The zero-order valence-corrected chi connectivity index (χ0v) is 6.34. The van der Waals surface area contributed by atoms with Crippen LogP contribution in [0.25, 0.3) is 0 Å². The standard InChI is InChI=1S/C8H13NO/c1-2-10-7-8-4-3-5-9-6-8/h4,6H,2-3,5,7H2,1H3. The van der Waals surface area contributed by atoms with Gasteiger partial charge in [-0.15, -0.1) is 0 Å². The van der Waals surface area contributed by atoms with Crippen LogP contribution in [-0.4, -0.2) is 26.0 Å². The first-order valence-corrected chi connectivity index (χ1v) is 3.70. The van der Waals surface area contributed by atoms with Gasteiger partial charge in [0.15, 0.2) is 0 Å². The molecule has 0 aromatic rings. The Bertz CT molecular complexity index is 149. The van der Waals surface area contributed by atoms with Crippen molar-refractivity contribution in [1.82, 2.24) is 0 Å². The van der Waals surface area contributed by atoms with E-state index in [1.54, 1.807) is 0 Å². The van der Waals surface area contributed by atoms with E-state index in [0.29, 0.717) is 0 Å². The van der Waals surface area contributed by atoms with Crippen LogP contribution in [0.4, 0.5) is 0 Å². The van der Waals surface area contributed by atoms with Gasteiger partial charge in [-0.2, -0.15) is 0 Å². The van der Waals surface area contributed by atoms with Crippen LogP contribution in [0.2, 0.25) is 0 Å². The summed E-state index contributed by atoms with van der Waals surface area (Å²) in [6.07, 6.45) is 5.15. The van der Waals surface area contributed by atoms with Crippen molar-refractivity contribution in [3.63, 3.8) is 0 Å². The number of nitrogens with zero attached hydrogens (tertiary/aromatic N) is 1. The van der Waals surface area contributed by atoms with Gasteiger partial charge in [0.25, 0.3) is 0 Å². The second-order valence-electron chi connectivity index (χ2n) is 2.24. The number of rotatable bonds is 3. The third kappa shape index (κ3) is 2.31. The molecule has 0 saturated carbocycles. The Labute approximate surface area is 61.6 Å². The lowest BCUT2D eigenvalue weighted by atomic mass is 10.2. The second kappa shape index (κ2) is 4.23. The molecule has 0 bridgehead atoms. The molecule has 1 heterocycles. The van der Waals surface area contributed by atoms with Crippen molar-refractivity contribution in [1.29, 1.82) is 0 Å². The van der Waals surface area contributed by atoms with Gasteiger partial charge in [-0.25, -0.2) is 0 Å². The molecule has 0 amide bonds. The van der Waals surface area contributed by atoms with Crippen LogP contribution in [0.15, 0.2) is 16.6 Å². The van der Waals surface area contributed by atoms with Gasteiger partial charge in [0.2, 0.25) is 0 Å². The maximum absolute atomic E-state index is 5.21. The minimum atomic E-state index is 0.722. The van der Waals surface area contributed by atoms with E-state index in [2.05, 4.69) is 11.1 Å². The first-order valence-electron chi connectivity index (χ1n) is 3.70. The highest BCUT2D eigenvalue weighted by Gasteiger charge is 1.96. The molecule has 0 fully saturated rings. The monoisotopic (exact) mass is 139 g/mol. The summed E-state index contributed by atoms with van der Waals surface area (Å²) in [4.78, 5) is 4.14. The van der Waals surface area contributed by atoms with Crippen molar-refractivity contribution in [2.75, 3.05) is 19.8 Å². The molecule has 0 aromatic carbocycles. The fourth-order valence-corrected chi connectivity index (χ4v) is 0.875. The molecule has 0 radical (unpaired) electrons. The van der Waals surface area contributed by atoms with E-state index >= 15 is 0 Å². The summed E-state index contributed by atoms with van der Waals surface area (Å²) < 4.78 is 5.21. The van der Waals surface area contributed by atoms with Crippen molar-refractivity contribution in [2.24, 2.45) is 4.99 Å². The van der Waals surface area contributed by atoms with Crippen molar-refractivity contribution < 1.29 is 4.74 Å². The molecule has 0 atom stereocenters. The number of ether oxygens (including phenoxy) is 1. The Morgan fingerprint density at radius 1 is 1.70 bits per heavy atom. The van der Waals surface area contributed by atoms with Gasteiger partial charge in [-0.1, -0.05) is 6.08 Å². The largest absolute Gasteiger partial charge is 0.377 e. The number of hydrogen-bond acceptors (Lipinski definition) is 2. The zero-order chi connectivity index (χ0) is 7.23. The number of dihydropyridines is 1. The molecule has 0 N–H and O–H groups in total. The average molecular weight is 139 g/mol. The van der Waals surface area contributed by atoms with Gasteiger partial charge in [-0.3, -0.25) is 4.99 Å². The van der Waals surface area contributed by atoms with Crippen molar-refractivity contribution >= 4 is 6.21 Å². The second-order valence-corrected chi connectivity index (χ2v) is 2.24. The van der Waals surface area contributed by atoms with E-state index in [-0.39, 0.29) is 0 Å². The van der Waals surface area contributed by atoms with Crippen molar-refractivity contribution in [3.05, 3.63) is 11.6 Å². The Kier molecular flexibility index (Phi) is 3.16. The topological polar surface area (TPSA) is 21.6 Å². The molecule has 56 valence electrons. The van der Waals surface area contributed by atoms with Crippen LogP contribution in [-0.2, 0) is 4.74 Å². The summed E-state index contributed by atoms with van der Waals surface area (Å²) >= 11 is 0. The third-order valence-corrected chi connectivity index (χ3v) is 1.39. The summed E-state index contributed by atoms with van der Waals surface area (Å²) in [5.74, 6) is 0. The molecule has 0 spiro atoms. The van der Waals surface area contributed by atoms with E-state index in [1.165, 1.54) is 5.57 Å². The fraction of sp³-hybridized carbons (Fsp3) is 0.625. The quantitative estimate of drug-likeness (QED) is 0.579. The summed E-state index contributed by atoms with van der Waals surface area (Å²) in [6, 6.07) is 0. The molecule has 0 saturated heterocycles. The fourth-order valence-electron chi connectivity index (χ4n) is 0.875. The first-order chi connectivity index (χ1) is 4.93. The summed E-state index contributed by atoms with van der Waals surface area (Å²) in [7, 11) is 0. The third-order valence-electron chi connectivity index (χ3n) is 1.39. The van der Waals surface area contributed by atoms with Crippen LogP contribution in [0.3, 0.4) is 0 Å². The Morgan fingerprint density at radius 3 is 3.20 bits per heavy atom. The number of aliphatic imine (C=N–C) groups is 1. The summed E-state index contributed by atoms with van der Waals surface area (Å²) in [5, 5.41) is 0. The lowest BCUT2D eigenvalue weighted by Gasteiger charge is -2.04. The van der Waals surface area contributed by atoms with Crippen LogP contribution in [0.1, 0.15) is 13.3 Å². The maximum Gasteiger partial charge on any atom is 0.0728 e. The highest BCUT2D eigenvalue weighted by Crippen LogP contribution is 2.00. The Balaban J connectivity index is 2.26. The lowest BCUT2D eigenvalue weighted by molar-refractivity contribution is 0.174. The molecule has 1 rings (SSSR count). The van der Waals surface area contributed by atoms with Crippen LogP contribution in [0.5, 0.6) is 0 Å². The lowest BCUT2D eigenvalue weighted by Crippen LogP contribution is -2.02. The smallest absolute Gasteiger partial charge is 0.0728 e. The van der Waals surface area contributed by atoms with Gasteiger partial charge in [0.05, 0.1) is 6.61 Å². The normalized spacial score (nSPS) is 17.1. The highest BCUT2D eigenvalue weighted by molar-refractivity contribution is 5.79. The molecule has 0 unspecified atom stereocenters. The predicted octanol–water partition coefficient (Wildman–Crippen LogP) is 1.42. The highest BCUT2D eigenvalue weighted by atomic mass is 16.5. The first kappa shape index (κ1) is 7.48. The van der Waals surface area contributed by atoms with E-state index in [0.717, 1.165) is 26.2 Å². The molecule has 2 nitrogen and oxygen atoms in total. The van der Waals surface area contributed by atoms with Crippen LogP contribution >= 0.6 is 0 Å². The van der Waals surface area contributed by atoms with Gasteiger partial charge >= 0.3 is 0 Å². The van der Waals surface area contributed by atoms with Crippen LogP contribution < -0.4 is 0 Å². The minimum Gasteiger partial charge on any atom is -0.377 e. The summed E-state index contributed by atoms with van der Waals surface area (Å²) in [5.41, 5.74) is 1.22. The predicted molar refractivity (Wildman–Crippen MR) is 42.6 cm³/mol. The molecular formula is C8H13NO. The molecule has 0 aromatic heterocycles. The van der Waals surface area contributed by atoms with Crippen molar-refractivity contribution in [3.8, 4) is 0 Å². The van der Waals surface area contributed by atoms with E-state index in [9.17, 15) is 0 Å². The Hall–Kier alpha value is -0.630. The zero-order valence-electron chi connectivity index (χ0n) is 6.34. The molecule has 1 aliphatic heterocycles. The van der Waals surface area contributed by atoms with Crippen LogP contribution in [0, 0.1) is 0 Å². The molecule has 10 heavy (non-hydrogen) atoms. The summed E-state index contributed by atoms with van der Waals surface area (Å²) in [6.45, 7) is 4.45. The minimum absolute atomic E-state index is 0.722. The van der Waals surface area contributed by atoms with E-state index < -0.39 is 0 Å². The average Bonchev–Trinajstić information content (AvgIpc) is 2.03. The molecular weight excluding hydrogens is 126 g/mol. The van der Waals surface area contributed by atoms with Gasteiger partial charge in [0, 0.05) is 19.4 Å². The van der Waals surface area contributed by atoms with Gasteiger partial charge < -0.3 is 4.74 Å². The number of hydrogen-bond donors (Lipinski definition) is 0. The van der Waals surface area contributed by atoms with Gasteiger partial charge in [0.1, 0.15) is 0 Å². The van der Waals surface area contributed by atoms with E-state index in [1.807, 2.05) is 13.1 Å². The van der Waals surface area contributed by atoms with E-state index in [4.69, 9.17) is 4.74 Å². The molecule has 2 heteroatoms. The molecule has 1 aliphatic rings. The van der Waals surface area contributed by atoms with Gasteiger partial charge in [-0.05, 0) is 18.9 Å².